The topological polar surface area (TPSA) is 80.0 Å². The van der Waals surface area contributed by atoms with Gasteiger partial charge in [-0.1, -0.05) is 24.4 Å². The molecule has 0 spiro atoms. The van der Waals surface area contributed by atoms with E-state index in [1.54, 1.807) is 6.92 Å². The summed E-state index contributed by atoms with van der Waals surface area (Å²) >= 11 is 0. The number of carbonyl (C=O) groups excluding carboxylic acids is 1. The Balaban J connectivity index is 1.66. The lowest BCUT2D eigenvalue weighted by Gasteiger charge is -2.35. The van der Waals surface area contributed by atoms with Crippen LogP contribution in [0.2, 0.25) is 0 Å². The summed E-state index contributed by atoms with van der Waals surface area (Å²) in [6, 6.07) is 3.24. The summed E-state index contributed by atoms with van der Waals surface area (Å²) in [6.45, 7) is 1.73. The monoisotopic (exact) mass is 350 g/mol. The van der Waals surface area contributed by atoms with E-state index in [-0.39, 0.29) is 18.1 Å². The number of carbonyl (C=O) groups is 1. The maximum atomic E-state index is 13.2. The fourth-order valence-electron chi connectivity index (χ4n) is 3.16. The molecule has 0 bridgehead atoms. The minimum absolute atomic E-state index is 0.00653. The quantitative estimate of drug-likeness (QED) is 0.866. The van der Waals surface area contributed by atoms with Gasteiger partial charge in [-0.15, -0.1) is 0 Å². The number of aromatic nitrogens is 2. The molecule has 1 aliphatic rings. The Bertz CT molecular complexity index is 757. The average Bonchev–Trinajstić information content (AvgIpc) is 3.04. The molecule has 8 heteroatoms. The van der Waals surface area contributed by atoms with Crippen LogP contribution in [0.4, 0.5) is 14.5 Å². The predicted octanol–water partition coefficient (Wildman–Crippen LogP) is 3.04. The van der Waals surface area contributed by atoms with Crippen LogP contribution >= 0.6 is 0 Å². The highest BCUT2D eigenvalue weighted by Gasteiger charge is 2.38. The number of hydrogen-bond acceptors (Lipinski definition) is 5. The lowest BCUT2D eigenvalue weighted by Crippen LogP contribution is -2.48. The van der Waals surface area contributed by atoms with Crippen LogP contribution in [0.25, 0.3) is 0 Å². The van der Waals surface area contributed by atoms with Crippen LogP contribution in [-0.4, -0.2) is 22.6 Å². The van der Waals surface area contributed by atoms with Crippen LogP contribution in [-0.2, 0) is 10.3 Å². The van der Waals surface area contributed by atoms with E-state index in [4.69, 9.17) is 4.52 Å². The highest BCUT2D eigenvalue weighted by atomic mass is 19.2. The van der Waals surface area contributed by atoms with Crippen LogP contribution in [0.3, 0.4) is 0 Å². The number of nitrogens with one attached hydrogen (secondary N) is 2. The van der Waals surface area contributed by atoms with E-state index in [0.29, 0.717) is 11.7 Å². The number of nitrogens with zero attached hydrogens (tertiary/aromatic N) is 2. The van der Waals surface area contributed by atoms with E-state index in [2.05, 4.69) is 20.8 Å². The third-order valence-corrected chi connectivity index (χ3v) is 4.45. The van der Waals surface area contributed by atoms with Crippen molar-refractivity contribution in [2.45, 2.75) is 44.6 Å². The fraction of sp³-hybridized carbons (Fsp3) is 0.471. The van der Waals surface area contributed by atoms with E-state index in [1.165, 1.54) is 6.07 Å². The zero-order valence-corrected chi connectivity index (χ0v) is 13.9. The van der Waals surface area contributed by atoms with Gasteiger partial charge in [0.1, 0.15) is 0 Å². The molecule has 0 aliphatic heterocycles. The van der Waals surface area contributed by atoms with Gasteiger partial charge in [-0.3, -0.25) is 10.1 Å². The minimum Gasteiger partial charge on any atom is -0.340 e. The fourth-order valence-corrected chi connectivity index (χ4v) is 3.16. The van der Waals surface area contributed by atoms with Gasteiger partial charge in [-0.05, 0) is 25.0 Å². The van der Waals surface area contributed by atoms with Gasteiger partial charge in [0.05, 0.1) is 12.1 Å². The molecule has 2 N–H and O–H groups in total. The van der Waals surface area contributed by atoms with Crippen molar-refractivity contribution in [1.82, 2.24) is 15.5 Å². The standard InChI is InChI=1S/C17H20F2N4O2/c1-11-21-16(23-25-11)17(7-3-2-4-8-17)20-10-15(24)22-12-5-6-13(18)14(19)9-12/h5-6,9,20H,2-4,7-8,10H2,1H3,(H,22,24). The lowest BCUT2D eigenvalue weighted by atomic mass is 9.81. The molecule has 1 aromatic heterocycles. The molecule has 134 valence electrons. The molecule has 0 unspecified atom stereocenters. The molecule has 1 aromatic carbocycles. The van der Waals surface area contributed by atoms with Crippen molar-refractivity contribution in [3.63, 3.8) is 0 Å². The van der Waals surface area contributed by atoms with Crippen LogP contribution in [0.15, 0.2) is 22.7 Å². The first-order chi connectivity index (χ1) is 12.0. The second-order valence-electron chi connectivity index (χ2n) is 6.31. The van der Waals surface area contributed by atoms with Crippen molar-refractivity contribution in [3.05, 3.63) is 41.5 Å². The smallest absolute Gasteiger partial charge is 0.238 e. The SMILES string of the molecule is Cc1nc(C2(NCC(=O)Nc3ccc(F)c(F)c3)CCCCC2)no1. The molecular weight excluding hydrogens is 330 g/mol. The van der Waals surface area contributed by atoms with Crippen molar-refractivity contribution >= 4 is 11.6 Å². The van der Waals surface area contributed by atoms with Crippen molar-refractivity contribution < 1.29 is 18.1 Å². The summed E-state index contributed by atoms with van der Waals surface area (Å²) in [6.07, 6.45) is 4.76. The zero-order valence-electron chi connectivity index (χ0n) is 13.9. The third-order valence-electron chi connectivity index (χ3n) is 4.45. The number of halogens is 2. The second kappa shape index (κ2) is 7.26. The Morgan fingerprint density at radius 3 is 2.64 bits per heavy atom. The van der Waals surface area contributed by atoms with E-state index >= 15 is 0 Å². The first-order valence-corrected chi connectivity index (χ1v) is 8.29. The Labute approximate surface area is 144 Å². The summed E-state index contributed by atoms with van der Waals surface area (Å²) in [5, 5.41) is 9.82. The van der Waals surface area contributed by atoms with Gasteiger partial charge in [-0.2, -0.15) is 4.98 Å². The number of benzene rings is 1. The number of anilines is 1. The Kier molecular flexibility index (Phi) is 5.08. The van der Waals surface area contributed by atoms with Gasteiger partial charge in [-0.25, -0.2) is 8.78 Å². The van der Waals surface area contributed by atoms with Gasteiger partial charge < -0.3 is 9.84 Å². The molecule has 1 saturated carbocycles. The van der Waals surface area contributed by atoms with Crippen molar-refractivity contribution in [3.8, 4) is 0 Å². The summed E-state index contributed by atoms with van der Waals surface area (Å²) in [5.74, 6) is -1.27. The maximum Gasteiger partial charge on any atom is 0.238 e. The molecule has 1 heterocycles. The summed E-state index contributed by atoms with van der Waals surface area (Å²) in [5.41, 5.74) is -0.291. The molecule has 1 fully saturated rings. The van der Waals surface area contributed by atoms with Crippen LogP contribution < -0.4 is 10.6 Å². The van der Waals surface area contributed by atoms with Gasteiger partial charge >= 0.3 is 0 Å². The van der Waals surface area contributed by atoms with E-state index in [9.17, 15) is 13.6 Å². The lowest BCUT2D eigenvalue weighted by molar-refractivity contribution is -0.115. The first kappa shape index (κ1) is 17.5. The van der Waals surface area contributed by atoms with Crippen molar-refractivity contribution in [1.29, 1.82) is 0 Å². The number of rotatable bonds is 5. The largest absolute Gasteiger partial charge is 0.340 e. The highest BCUT2D eigenvalue weighted by Crippen LogP contribution is 2.35. The van der Waals surface area contributed by atoms with Gasteiger partial charge in [0.2, 0.25) is 11.8 Å². The molecule has 1 amide bonds. The third kappa shape index (κ3) is 4.01. The molecule has 3 rings (SSSR count). The molecule has 2 aromatic rings. The Morgan fingerprint density at radius 2 is 2.00 bits per heavy atom. The van der Waals surface area contributed by atoms with Crippen molar-refractivity contribution in [2.24, 2.45) is 0 Å². The van der Waals surface area contributed by atoms with E-state index in [0.717, 1.165) is 44.2 Å². The summed E-state index contributed by atoms with van der Waals surface area (Å²) in [4.78, 5) is 16.5. The minimum atomic E-state index is -1.00. The maximum absolute atomic E-state index is 13.2. The number of hydrogen-bond donors (Lipinski definition) is 2. The highest BCUT2D eigenvalue weighted by molar-refractivity contribution is 5.92. The zero-order chi connectivity index (χ0) is 17.9. The molecule has 6 nitrogen and oxygen atoms in total. The predicted molar refractivity (Wildman–Crippen MR) is 86.8 cm³/mol. The number of aryl methyl sites for hydroxylation is 1. The van der Waals surface area contributed by atoms with E-state index in [1.807, 2.05) is 0 Å². The van der Waals surface area contributed by atoms with Gasteiger partial charge in [0.15, 0.2) is 17.5 Å². The average molecular weight is 350 g/mol. The molecule has 1 aliphatic carbocycles. The molecule has 0 saturated heterocycles. The van der Waals surface area contributed by atoms with Crippen LogP contribution in [0, 0.1) is 18.6 Å². The number of amides is 1. The molecular formula is C17H20F2N4O2. The molecule has 25 heavy (non-hydrogen) atoms. The Hall–Kier alpha value is -2.35. The molecule has 0 radical (unpaired) electrons. The summed E-state index contributed by atoms with van der Waals surface area (Å²) in [7, 11) is 0. The van der Waals surface area contributed by atoms with Gasteiger partial charge in [0.25, 0.3) is 0 Å². The summed E-state index contributed by atoms with van der Waals surface area (Å²) < 4.78 is 31.3. The van der Waals surface area contributed by atoms with E-state index < -0.39 is 17.2 Å². The Morgan fingerprint density at radius 1 is 1.24 bits per heavy atom. The van der Waals surface area contributed by atoms with Crippen LogP contribution in [0.5, 0.6) is 0 Å². The normalized spacial score (nSPS) is 16.6. The second-order valence-corrected chi connectivity index (χ2v) is 6.31. The first-order valence-electron chi connectivity index (χ1n) is 8.29. The molecule has 0 atom stereocenters. The van der Waals surface area contributed by atoms with Crippen LogP contribution in [0.1, 0.15) is 43.8 Å². The van der Waals surface area contributed by atoms with Crippen molar-refractivity contribution in [2.75, 3.05) is 11.9 Å². The van der Waals surface area contributed by atoms with Gasteiger partial charge in [0, 0.05) is 18.7 Å².